The zero-order chi connectivity index (χ0) is 10.7. The van der Waals surface area contributed by atoms with Crippen LogP contribution in [-0.2, 0) is 6.61 Å². The molecule has 2 heteroatoms. The van der Waals surface area contributed by atoms with Crippen molar-refractivity contribution >= 4 is 0 Å². The van der Waals surface area contributed by atoms with Gasteiger partial charge in [-0.3, -0.25) is 0 Å². The minimum Gasteiger partial charge on any atom is -0.493 e. The van der Waals surface area contributed by atoms with Gasteiger partial charge < -0.3 is 9.84 Å². The lowest BCUT2D eigenvalue weighted by Gasteiger charge is -2.32. The molecule has 0 unspecified atom stereocenters. The molecule has 1 aromatic carbocycles. The van der Waals surface area contributed by atoms with E-state index in [4.69, 9.17) is 9.84 Å². The fraction of sp³-hybridized carbons (Fsp3) is 0.538. The number of hydrogen-bond acceptors (Lipinski definition) is 2. The van der Waals surface area contributed by atoms with Crippen molar-refractivity contribution in [1.29, 1.82) is 0 Å². The smallest absolute Gasteiger partial charge is 0.119 e. The number of aliphatic hydroxyl groups is 1. The molecule has 0 radical (unpaired) electrons. The van der Waals surface area contributed by atoms with E-state index in [-0.39, 0.29) is 6.61 Å². The third-order valence-corrected chi connectivity index (χ3v) is 3.06. The molecule has 1 saturated carbocycles. The molecule has 0 aromatic heterocycles. The van der Waals surface area contributed by atoms with Crippen molar-refractivity contribution in [3.63, 3.8) is 0 Å². The number of hydrogen-bond donors (Lipinski definition) is 1. The molecule has 0 spiro atoms. The van der Waals surface area contributed by atoms with Gasteiger partial charge in [0, 0.05) is 0 Å². The van der Waals surface area contributed by atoms with Crippen molar-refractivity contribution in [3.8, 4) is 5.75 Å². The second-order valence-electron chi connectivity index (χ2n) is 4.56. The van der Waals surface area contributed by atoms with Crippen molar-refractivity contribution in [2.45, 2.75) is 26.4 Å². The minimum atomic E-state index is 0.0976. The summed E-state index contributed by atoms with van der Waals surface area (Å²) in [5.41, 5.74) is 0.930. The molecule has 0 saturated heterocycles. The molecule has 0 bridgehead atoms. The van der Waals surface area contributed by atoms with Gasteiger partial charge in [0.15, 0.2) is 0 Å². The first-order valence-electron chi connectivity index (χ1n) is 5.60. The van der Waals surface area contributed by atoms with Crippen molar-refractivity contribution in [1.82, 2.24) is 0 Å². The Morgan fingerprint density at radius 1 is 1.27 bits per heavy atom. The summed E-state index contributed by atoms with van der Waals surface area (Å²) in [6, 6.07) is 7.65. The third-order valence-electron chi connectivity index (χ3n) is 3.06. The van der Waals surface area contributed by atoms with Gasteiger partial charge in [0.1, 0.15) is 5.75 Å². The van der Waals surface area contributed by atoms with Crippen LogP contribution in [0.15, 0.2) is 24.3 Å². The lowest BCUT2D eigenvalue weighted by molar-refractivity contribution is 0.131. The number of aliphatic hydroxyl groups excluding tert-OH is 1. The summed E-state index contributed by atoms with van der Waals surface area (Å²) in [6.07, 6.45) is 2.60. The summed E-state index contributed by atoms with van der Waals surface area (Å²) < 4.78 is 5.68. The standard InChI is InChI=1S/C13H18O2/c1-10-6-12(7-10)9-15-13-4-2-11(8-14)3-5-13/h2-5,10,12,14H,6-9H2,1H3. The number of benzene rings is 1. The van der Waals surface area contributed by atoms with E-state index in [1.807, 2.05) is 24.3 Å². The van der Waals surface area contributed by atoms with Crippen LogP contribution < -0.4 is 4.74 Å². The highest BCUT2D eigenvalue weighted by Crippen LogP contribution is 2.33. The largest absolute Gasteiger partial charge is 0.493 e. The molecule has 2 nitrogen and oxygen atoms in total. The molecule has 1 aliphatic carbocycles. The summed E-state index contributed by atoms with van der Waals surface area (Å²) >= 11 is 0. The molecule has 0 amide bonds. The molecule has 82 valence electrons. The van der Waals surface area contributed by atoms with E-state index < -0.39 is 0 Å². The van der Waals surface area contributed by atoms with Crippen LogP contribution in [0.5, 0.6) is 5.75 Å². The molecule has 15 heavy (non-hydrogen) atoms. The van der Waals surface area contributed by atoms with E-state index in [1.54, 1.807) is 0 Å². The monoisotopic (exact) mass is 206 g/mol. The van der Waals surface area contributed by atoms with E-state index in [9.17, 15) is 0 Å². The molecule has 0 aliphatic heterocycles. The summed E-state index contributed by atoms with van der Waals surface area (Å²) in [7, 11) is 0. The van der Waals surface area contributed by atoms with Crippen LogP contribution in [0.25, 0.3) is 0 Å². The molecule has 1 aromatic rings. The molecule has 1 N–H and O–H groups in total. The summed E-state index contributed by atoms with van der Waals surface area (Å²) in [5.74, 6) is 2.54. The molecule has 0 atom stereocenters. The maximum absolute atomic E-state index is 8.88. The van der Waals surface area contributed by atoms with Gasteiger partial charge in [-0.15, -0.1) is 0 Å². The quantitative estimate of drug-likeness (QED) is 0.820. The molecular weight excluding hydrogens is 188 g/mol. The van der Waals surface area contributed by atoms with Crippen molar-refractivity contribution < 1.29 is 9.84 Å². The first kappa shape index (κ1) is 10.5. The summed E-state index contributed by atoms with van der Waals surface area (Å²) in [5, 5.41) is 8.88. The second kappa shape index (κ2) is 4.67. The maximum Gasteiger partial charge on any atom is 0.119 e. The first-order valence-corrected chi connectivity index (χ1v) is 5.60. The Morgan fingerprint density at radius 2 is 1.93 bits per heavy atom. The van der Waals surface area contributed by atoms with Gasteiger partial charge in [0.2, 0.25) is 0 Å². The molecule has 1 fully saturated rings. The van der Waals surface area contributed by atoms with Gasteiger partial charge in [-0.1, -0.05) is 19.1 Å². The van der Waals surface area contributed by atoms with Crippen LogP contribution in [0.1, 0.15) is 25.3 Å². The van der Waals surface area contributed by atoms with Gasteiger partial charge >= 0.3 is 0 Å². The Hall–Kier alpha value is -1.02. The number of ether oxygens (including phenoxy) is 1. The lowest BCUT2D eigenvalue weighted by Crippen LogP contribution is -2.26. The Morgan fingerprint density at radius 3 is 2.47 bits per heavy atom. The Kier molecular flexibility index (Phi) is 3.27. The van der Waals surface area contributed by atoms with Crippen LogP contribution in [0.3, 0.4) is 0 Å². The predicted molar refractivity (Wildman–Crippen MR) is 59.7 cm³/mol. The number of rotatable bonds is 4. The average molecular weight is 206 g/mol. The second-order valence-corrected chi connectivity index (χ2v) is 4.56. The van der Waals surface area contributed by atoms with Crippen LogP contribution in [0, 0.1) is 11.8 Å². The molecular formula is C13H18O2. The lowest BCUT2D eigenvalue weighted by atomic mass is 9.77. The van der Waals surface area contributed by atoms with Crippen LogP contribution in [-0.4, -0.2) is 11.7 Å². The van der Waals surface area contributed by atoms with Crippen molar-refractivity contribution in [3.05, 3.63) is 29.8 Å². The maximum atomic E-state index is 8.88. The van der Waals surface area contributed by atoms with Gasteiger partial charge in [-0.2, -0.15) is 0 Å². The normalized spacial score (nSPS) is 24.7. The third kappa shape index (κ3) is 2.72. The van der Waals surface area contributed by atoms with E-state index in [2.05, 4.69) is 6.92 Å². The predicted octanol–water partition coefficient (Wildman–Crippen LogP) is 2.60. The highest BCUT2D eigenvalue weighted by atomic mass is 16.5. The van der Waals surface area contributed by atoms with Crippen molar-refractivity contribution in [2.24, 2.45) is 11.8 Å². The van der Waals surface area contributed by atoms with E-state index in [0.29, 0.717) is 0 Å². The van der Waals surface area contributed by atoms with Gasteiger partial charge in [0.05, 0.1) is 13.2 Å². The molecule has 1 aliphatic rings. The Labute approximate surface area is 90.9 Å². The highest BCUT2D eigenvalue weighted by molar-refractivity contribution is 5.26. The fourth-order valence-corrected chi connectivity index (χ4v) is 2.11. The average Bonchev–Trinajstić information content (AvgIpc) is 2.23. The van der Waals surface area contributed by atoms with Crippen LogP contribution in [0.4, 0.5) is 0 Å². The zero-order valence-corrected chi connectivity index (χ0v) is 9.15. The molecule has 0 heterocycles. The van der Waals surface area contributed by atoms with Crippen LogP contribution >= 0.6 is 0 Å². The van der Waals surface area contributed by atoms with E-state index in [1.165, 1.54) is 12.8 Å². The summed E-state index contributed by atoms with van der Waals surface area (Å²) in [4.78, 5) is 0. The fourth-order valence-electron chi connectivity index (χ4n) is 2.11. The van der Waals surface area contributed by atoms with Gasteiger partial charge in [-0.05, 0) is 42.4 Å². The molecule has 2 rings (SSSR count). The minimum absolute atomic E-state index is 0.0976. The first-order chi connectivity index (χ1) is 7.28. The van der Waals surface area contributed by atoms with E-state index >= 15 is 0 Å². The Balaban J connectivity index is 1.78. The Bertz CT molecular complexity index is 299. The van der Waals surface area contributed by atoms with Gasteiger partial charge in [0.25, 0.3) is 0 Å². The van der Waals surface area contributed by atoms with Crippen LogP contribution in [0.2, 0.25) is 0 Å². The SMILES string of the molecule is CC1CC(COc2ccc(CO)cc2)C1. The van der Waals surface area contributed by atoms with Gasteiger partial charge in [-0.25, -0.2) is 0 Å². The highest BCUT2D eigenvalue weighted by Gasteiger charge is 2.25. The van der Waals surface area contributed by atoms with E-state index in [0.717, 1.165) is 29.8 Å². The summed E-state index contributed by atoms with van der Waals surface area (Å²) in [6.45, 7) is 3.22. The topological polar surface area (TPSA) is 29.5 Å². The van der Waals surface area contributed by atoms with Crippen molar-refractivity contribution in [2.75, 3.05) is 6.61 Å². The zero-order valence-electron chi connectivity index (χ0n) is 9.15.